The molecule has 0 radical (unpaired) electrons. The van der Waals surface area contributed by atoms with Gasteiger partial charge in [-0.15, -0.1) is 0 Å². The highest BCUT2D eigenvalue weighted by Gasteiger charge is 2.00. The number of nitrogens with one attached hydrogen (secondary N) is 1. The van der Waals surface area contributed by atoms with Crippen LogP contribution in [0, 0.1) is 0 Å². The molecule has 1 rings (SSSR count). The highest BCUT2D eigenvalue weighted by atomic mass is 35.5. The zero-order chi connectivity index (χ0) is 7.56. The van der Waals surface area contributed by atoms with Gasteiger partial charge < -0.3 is 4.98 Å². The highest BCUT2D eigenvalue weighted by molar-refractivity contribution is 6.28. The van der Waals surface area contributed by atoms with Crippen LogP contribution in [-0.4, -0.2) is 9.97 Å². The Hall–Kier alpha value is -1.02. The smallest absolute Gasteiger partial charge is 0.201 e. The molecule has 1 heterocycles. The van der Waals surface area contributed by atoms with Crippen LogP contribution in [0.1, 0.15) is 11.4 Å². The van der Waals surface area contributed by atoms with Gasteiger partial charge in [-0.2, -0.15) is 0 Å². The number of imidazole rings is 1. The molecule has 0 aromatic carbocycles. The Bertz CT molecular complexity index is 237. The number of rotatable bonds is 2. The topological polar surface area (TPSA) is 28.7 Å². The molecule has 0 bridgehead atoms. The molecule has 0 saturated heterocycles. The quantitative estimate of drug-likeness (QED) is 0.696. The molecule has 3 heteroatoms. The molecular formula is C7H7ClN2. The van der Waals surface area contributed by atoms with E-state index < -0.39 is 0 Å². The molecule has 0 fully saturated rings. The molecular weight excluding hydrogens is 148 g/mol. The third kappa shape index (κ3) is 1.11. The summed E-state index contributed by atoms with van der Waals surface area (Å²) in [6.07, 6.45) is 3.27. The molecule has 0 atom stereocenters. The average molecular weight is 155 g/mol. The van der Waals surface area contributed by atoms with Crippen LogP contribution in [0.2, 0.25) is 5.28 Å². The minimum absolute atomic E-state index is 0.366. The summed E-state index contributed by atoms with van der Waals surface area (Å²) in [7, 11) is 0. The van der Waals surface area contributed by atoms with E-state index in [0.717, 1.165) is 11.4 Å². The van der Waals surface area contributed by atoms with Crippen LogP contribution in [0.5, 0.6) is 0 Å². The zero-order valence-corrected chi connectivity index (χ0v) is 6.15. The summed E-state index contributed by atoms with van der Waals surface area (Å²) in [6, 6.07) is 0. The van der Waals surface area contributed by atoms with Gasteiger partial charge in [0.1, 0.15) is 0 Å². The first-order chi connectivity index (χ1) is 4.77. The van der Waals surface area contributed by atoms with Gasteiger partial charge >= 0.3 is 0 Å². The third-order valence-corrected chi connectivity index (χ3v) is 1.31. The molecule has 10 heavy (non-hydrogen) atoms. The van der Waals surface area contributed by atoms with Crippen molar-refractivity contribution in [3.05, 3.63) is 29.8 Å². The van der Waals surface area contributed by atoms with E-state index in [1.54, 1.807) is 12.2 Å². The van der Waals surface area contributed by atoms with Gasteiger partial charge in [0.05, 0.1) is 11.4 Å². The summed E-state index contributed by atoms with van der Waals surface area (Å²) in [4.78, 5) is 6.73. The Morgan fingerprint density at radius 2 is 2.10 bits per heavy atom. The summed E-state index contributed by atoms with van der Waals surface area (Å²) < 4.78 is 0. The van der Waals surface area contributed by atoms with Crippen molar-refractivity contribution < 1.29 is 0 Å². The van der Waals surface area contributed by atoms with Crippen molar-refractivity contribution in [2.24, 2.45) is 0 Å². The molecule has 0 spiro atoms. The van der Waals surface area contributed by atoms with Gasteiger partial charge in [-0.05, 0) is 23.8 Å². The summed E-state index contributed by atoms with van der Waals surface area (Å²) in [5.41, 5.74) is 1.54. The van der Waals surface area contributed by atoms with E-state index in [9.17, 15) is 0 Å². The van der Waals surface area contributed by atoms with Gasteiger partial charge in [0.15, 0.2) is 0 Å². The van der Waals surface area contributed by atoms with Gasteiger partial charge in [-0.3, -0.25) is 0 Å². The summed E-state index contributed by atoms with van der Waals surface area (Å²) in [5.74, 6) is 0. The Morgan fingerprint density at radius 1 is 1.40 bits per heavy atom. The van der Waals surface area contributed by atoms with Crippen molar-refractivity contribution in [2.45, 2.75) is 0 Å². The van der Waals surface area contributed by atoms with Crippen molar-refractivity contribution in [3.63, 3.8) is 0 Å². The highest BCUT2D eigenvalue weighted by Crippen LogP contribution is 2.11. The van der Waals surface area contributed by atoms with Crippen molar-refractivity contribution in [3.8, 4) is 0 Å². The number of aromatic nitrogens is 2. The van der Waals surface area contributed by atoms with Crippen LogP contribution in [0.15, 0.2) is 13.2 Å². The van der Waals surface area contributed by atoms with Gasteiger partial charge in [0.2, 0.25) is 5.28 Å². The van der Waals surface area contributed by atoms with Crippen molar-refractivity contribution in [1.82, 2.24) is 9.97 Å². The fourth-order valence-electron chi connectivity index (χ4n) is 0.680. The first-order valence-corrected chi connectivity index (χ1v) is 3.16. The lowest BCUT2D eigenvalue weighted by atomic mass is 10.3. The third-order valence-electron chi connectivity index (χ3n) is 1.13. The first-order valence-electron chi connectivity index (χ1n) is 2.78. The lowest BCUT2D eigenvalue weighted by Crippen LogP contribution is -1.73. The summed E-state index contributed by atoms with van der Waals surface area (Å²) in [6.45, 7) is 7.14. The molecule has 2 nitrogen and oxygen atoms in total. The summed E-state index contributed by atoms with van der Waals surface area (Å²) >= 11 is 5.56. The standard InChI is InChI=1S/C7H7ClN2/c1-3-5-6(4-2)10-7(8)9-5/h3-4H,1-2H2,(H,9,10). The van der Waals surface area contributed by atoms with E-state index in [1.165, 1.54) is 0 Å². The second kappa shape index (κ2) is 2.71. The van der Waals surface area contributed by atoms with Gasteiger partial charge in [0, 0.05) is 0 Å². The predicted molar refractivity (Wildman–Crippen MR) is 43.8 cm³/mol. The van der Waals surface area contributed by atoms with Gasteiger partial charge in [-0.1, -0.05) is 13.2 Å². The van der Waals surface area contributed by atoms with E-state index >= 15 is 0 Å². The maximum absolute atomic E-state index is 5.56. The number of nitrogens with zero attached hydrogens (tertiary/aromatic N) is 1. The first kappa shape index (κ1) is 7.09. The minimum Gasteiger partial charge on any atom is -0.329 e. The van der Waals surface area contributed by atoms with Gasteiger partial charge in [-0.25, -0.2) is 4.98 Å². The maximum Gasteiger partial charge on any atom is 0.201 e. The van der Waals surface area contributed by atoms with E-state index in [0.29, 0.717) is 5.28 Å². The minimum atomic E-state index is 0.366. The second-order valence-electron chi connectivity index (χ2n) is 1.73. The summed E-state index contributed by atoms with van der Waals surface area (Å²) in [5, 5.41) is 0.366. The molecule has 0 saturated carbocycles. The van der Waals surface area contributed by atoms with Crippen LogP contribution in [0.3, 0.4) is 0 Å². The molecule has 1 aromatic rings. The molecule has 0 unspecified atom stereocenters. The van der Waals surface area contributed by atoms with Crippen LogP contribution in [0.4, 0.5) is 0 Å². The monoisotopic (exact) mass is 154 g/mol. The van der Waals surface area contributed by atoms with E-state index in [4.69, 9.17) is 11.6 Å². The van der Waals surface area contributed by atoms with E-state index in [-0.39, 0.29) is 0 Å². The Labute approximate surface area is 64.2 Å². The van der Waals surface area contributed by atoms with Crippen molar-refractivity contribution in [1.29, 1.82) is 0 Å². The molecule has 1 N–H and O–H groups in total. The van der Waals surface area contributed by atoms with E-state index in [1.807, 2.05) is 0 Å². The average Bonchev–Trinajstić information content (AvgIpc) is 2.30. The molecule has 0 amide bonds. The van der Waals surface area contributed by atoms with Crippen molar-refractivity contribution >= 4 is 23.8 Å². The molecule has 0 aliphatic heterocycles. The fraction of sp³-hybridized carbons (Fsp3) is 0. The van der Waals surface area contributed by atoms with Crippen LogP contribution < -0.4 is 0 Å². The van der Waals surface area contributed by atoms with Crippen molar-refractivity contribution in [2.75, 3.05) is 0 Å². The lowest BCUT2D eigenvalue weighted by molar-refractivity contribution is 1.30. The van der Waals surface area contributed by atoms with Crippen LogP contribution in [-0.2, 0) is 0 Å². The largest absolute Gasteiger partial charge is 0.329 e. The number of halogens is 1. The molecule has 52 valence electrons. The number of aromatic amines is 1. The van der Waals surface area contributed by atoms with Gasteiger partial charge in [0.25, 0.3) is 0 Å². The Morgan fingerprint density at radius 3 is 2.50 bits per heavy atom. The zero-order valence-electron chi connectivity index (χ0n) is 5.39. The molecule has 0 aliphatic carbocycles. The lowest BCUT2D eigenvalue weighted by Gasteiger charge is -1.83. The normalized spacial score (nSPS) is 9.30. The van der Waals surface area contributed by atoms with Crippen LogP contribution >= 0.6 is 11.6 Å². The number of hydrogen-bond donors (Lipinski definition) is 1. The number of hydrogen-bond acceptors (Lipinski definition) is 1. The Kier molecular flexibility index (Phi) is 1.92. The van der Waals surface area contributed by atoms with Crippen LogP contribution in [0.25, 0.3) is 12.2 Å². The molecule has 0 aliphatic rings. The molecule has 1 aromatic heterocycles. The maximum atomic E-state index is 5.56. The SMILES string of the molecule is C=Cc1nc(Cl)[nH]c1C=C. The number of H-pyrrole nitrogens is 1. The second-order valence-corrected chi connectivity index (χ2v) is 2.09. The fourth-order valence-corrected chi connectivity index (χ4v) is 0.873. The Balaban J connectivity index is 3.20. The predicted octanol–water partition coefficient (Wildman–Crippen LogP) is 2.35. The van der Waals surface area contributed by atoms with E-state index in [2.05, 4.69) is 23.1 Å².